The minimum Gasteiger partial charge on any atom is -0.371 e. The number of H-pyrrole nitrogens is 1. The molecule has 7 nitrogen and oxygen atoms in total. The maximum absolute atomic E-state index is 11.9. The van der Waals surface area contributed by atoms with Gasteiger partial charge in [0.25, 0.3) is 0 Å². The molecule has 0 saturated carbocycles. The van der Waals surface area contributed by atoms with Gasteiger partial charge in [-0.2, -0.15) is 18.2 Å². The van der Waals surface area contributed by atoms with Crippen molar-refractivity contribution >= 4 is 28.4 Å². The Kier molecular flexibility index (Phi) is 11.8. The molecular formula is C27H35F3N6O. The number of anilines is 3. The van der Waals surface area contributed by atoms with E-state index in [0.29, 0.717) is 23.6 Å². The van der Waals surface area contributed by atoms with Crippen molar-refractivity contribution < 1.29 is 13.2 Å². The van der Waals surface area contributed by atoms with E-state index in [2.05, 4.69) is 49.5 Å². The van der Waals surface area contributed by atoms with Crippen LogP contribution in [0.5, 0.6) is 0 Å². The van der Waals surface area contributed by atoms with E-state index in [9.17, 15) is 18.0 Å². The number of likely N-dealkylation sites (N-methyl/N-ethyl adjacent to an activating group) is 2. The Balaban J connectivity index is 0.000000341. The van der Waals surface area contributed by atoms with Crippen LogP contribution in [0.2, 0.25) is 0 Å². The minimum absolute atomic E-state index is 0.178. The van der Waals surface area contributed by atoms with Crippen LogP contribution < -0.4 is 21.1 Å². The highest BCUT2D eigenvalue weighted by Gasteiger charge is 2.27. The van der Waals surface area contributed by atoms with Crippen molar-refractivity contribution in [1.82, 2.24) is 20.3 Å². The summed E-state index contributed by atoms with van der Waals surface area (Å²) < 4.78 is 35.6. The molecule has 0 aliphatic heterocycles. The van der Waals surface area contributed by atoms with Crippen LogP contribution in [-0.4, -0.2) is 47.8 Å². The van der Waals surface area contributed by atoms with Gasteiger partial charge < -0.3 is 20.5 Å². The maximum atomic E-state index is 11.9. The number of hydrogen-bond donors (Lipinski definition) is 3. The fourth-order valence-electron chi connectivity index (χ4n) is 3.39. The first-order chi connectivity index (χ1) is 17.7. The normalized spacial score (nSPS) is 11.9. The predicted molar refractivity (Wildman–Crippen MR) is 146 cm³/mol. The van der Waals surface area contributed by atoms with Crippen LogP contribution in [0.4, 0.5) is 30.5 Å². The fourth-order valence-corrected chi connectivity index (χ4v) is 3.39. The van der Waals surface area contributed by atoms with Crippen LogP contribution in [0.3, 0.4) is 0 Å². The van der Waals surface area contributed by atoms with Crippen LogP contribution in [0.15, 0.2) is 71.2 Å². The van der Waals surface area contributed by atoms with Gasteiger partial charge in [-0.1, -0.05) is 30.7 Å². The van der Waals surface area contributed by atoms with Gasteiger partial charge in [0.15, 0.2) is 0 Å². The second kappa shape index (κ2) is 14.8. The van der Waals surface area contributed by atoms with Gasteiger partial charge in [-0.25, -0.2) is 4.98 Å². The first-order valence-corrected chi connectivity index (χ1v) is 12.2. The average molecular weight is 517 g/mol. The number of pyridine rings is 1. The smallest absolute Gasteiger partial charge is 0.371 e. The van der Waals surface area contributed by atoms with Gasteiger partial charge in [-0.15, -0.1) is 0 Å². The number of fused-ring (bicyclic) bond motifs is 1. The molecule has 0 unspecified atom stereocenters. The van der Waals surface area contributed by atoms with Crippen molar-refractivity contribution in [2.75, 3.05) is 36.9 Å². The summed E-state index contributed by atoms with van der Waals surface area (Å²) in [6.45, 7) is 8.50. The lowest BCUT2D eigenvalue weighted by molar-refractivity contribution is -0.127. The second-order valence-corrected chi connectivity index (χ2v) is 8.17. The van der Waals surface area contributed by atoms with Gasteiger partial charge in [0, 0.05) is 48.7 Å². The average Bonchev–Trinajstić information content (AvgIpc) is 2.87. The molecule has 1 aromatic carbocycles. The molecule has 200 valence electrons. The lowest BCUT2D eigenvalue weighted by Gasteiger charge is -2.23. The number of aromatic amines is 1. The SMILES string of the molecule is C/C=C\C=C(\CC)CC(F)(F)F.CCN(CCNC)c1ccc(Nc2ncc3ccc(=O)[nH]c3n2)cc1. The molecule has 0 radical (unpaired) electrons. The molecule has 10 heteroatoms. The molecular weight excluding hydrogens is 481 g/mol. The Morgan fingerprint density at radius 2 is 1.86 bits per heavy atom. The predicted octanol–water partition coefficient (Wildman–Crippen LogP) is 5.96. The Bertz CT molecular complexity index is 1220. The Labute approximate surface area is 215 Å². The van der Waals surface area contributed by atoms with Crippen LogP contribution in [0.1, 0.15) is 33.6 Å². The van der Waals surface area contributed by atoms with Crippen LogP contribution in [0.25, 0.3) is 11.0 Å². The second-order valence-electron chi connectivity index (χ2n) is 8.17. The third-order valence-electron chi connectivity index (χ3n) is 5.38. The molecule has 2 heterocycles. The number of alkyl halides is 3. The molecule has 0 atom stereocenters. The molecule has 0 aliphatic carbocycles. The van der Waals surface area contributed by atoms with E-state index < -0.39 is 12.6 Å². The molecule has 3 rings (SSSR count). The molecule has 0 saturated heterocycles. The summed E-state index contributed by atoms with van der Waals surface area (Å²) in [6.07, 6.45) is 2.12. The molecule has 0 fully saturated rings. The number of hydrogen-bond acceptors (Lipinski definition) is 6. The van der Waals surface area contributed by atoms with Crippen LogP contribution in [-0.2, 0) is 0 Å². The molecule has 37 heavy (non-hydrogen) atoms. The first-order valence-electron chi connectivity index (χ1n) is 12.2. The van der Waals surface area contributed by atoms with E-state index in [0.717, 1.165) is 30.7 Å². The highest BCUT2D eigenvalue weighted by molar-refractivity contribution is 5.74. The van der Waals surface area contributed by atoms with Gasteiger partial charge in [-0.05, 0) is 57.6 Å². The largest absolute Gasteiger partial charge is 0.392 e. The molecule has 0 spiro atoms. The standard InChI is InChI=1S/C18H22N6O.C9H13F3/c1-3-24(11-10-19-2)15-7-5-14(6-8-15)21-18-20-12-13-4-9-16(25)22-17(13)23-18;1-3-5-6-8(4-2)7-9(10,11)12/h4-9,12,19H,3,10-11H2,1-2H3,(H2,20,21,22,23,25);3,5-6H,4,7H2,1-2H3/b;5-3-,8-6-. The Morgan fingerprint density at radius 3 is 2.46 bits per heavy atom. The van der Waals surface area contributed by atoms with Gasteiger partial charge in [0.2, 0.25) is 11.5 Å². The van der Waals surface area contributed by atoms with Gasteiger partial charge in [0.05, 0.1) is 6.42 Å². The highest BCUT2D eigenvalue weighted by atomic mass is 19.4. The zero-order valence-electron chi connectivity index (χ0n) is 21.7. The van der Waals surface area contributed by atoms with E-state index in [1.54, 1.807) is 38.3 Å². The number of allylic oxidation sites excluding steroid dienone is 4. The molecule has 3 aromatic rings. The lowest BCUT2D eigenvalue weighted by atomic mass is 10.1. The third-order valence-corrected chi connectivity index (χ3v) is 5.38. The summed E-state index contributed by atoms with van der Waals surface area (Å²) in [6, 6.07) is 11.3. The van der Waals surface area contributed by atoms with E-state index in [1.807, 2.05) is 19.2 Å². The zero-order chi connectivity index (χ0) is 27.3. The Hall–Kier alpha value is -3.66. The van der Waals surface area contributed by atoms with Crippen LogP contribution in [0, 0.1) is 0 Å². The van der Waals surface area contributed by atoms with Crippen molar-refractivity contribution in [2.45, 2.75) is 39.8 Å². The van der Waals surface area contributed by atoms with Crippen molar-refractivity contribution in [3.05, 3.63) is 76.8 Å². The molecule has 0 amide bonds. The molecule has 0 aliphatic rings. The summed E-state index contributed by atoms with van der Waals surface area (Å²) in [7, 11) is 1.96. The summed E-state index contributed by atoms with van der Waals surface area (Å²) in [4.78, 5) is 25.1. The molecule has 2 aromatic heterocycles. The van der Waals surface area contributed by atoms with Gasteiger partial charge >= 0.3 is 6.18 Å². The topological polar surface area (TPSA) is 85.9 Å². The van der Waals surface area contributed by atoms with E-state index in [-0.39, 0.29) is 5.56 Å². The van der Waals surface area contributed by atoms with Gasteiger partial charge in [-0.3, -0.25) is 4.79 Å². The van der Waals surface area contributed by atoms with Crippen molar-refractivity contribution in [2.24, 2.45) is 0 Å². The van der Waals surface area contributed by atoms with E-state index in [1.165, 1.54) is 17.8 Å². The summed E-state index contributed by atoms with van der Waals surface area (Å²) in [5.74, 6) is 0.449. The van der Waals surface area contributed by atoms with Crippen molar-refractivity contribution in [1.29, 1.82) is 0 Å². The van der Waals surface area contributed by atoms with E-state index >= 15 is 0 Å². The maximum Gasteiger partial charge on any atom is 0.392 e. The number of rotatable bonds is 10. The molecule has 3 N–H and O–H groups in total. The number of halogens is 3. The van der Waals surface area contributed by atoms with Crippen molar-refractivity contribution in [3.63, 3.8) is 0 Å². The summed E-state index contributed by atoms with van der Waals surface area (Å²) in [5.41, 5.74) is 2.83. The van der Waals surface area contributed by atoms with E-state index in [4.69, 9.17) is 0 Å². The lowest BCUT2D eigenvalue weighted by Crippen LogP contribution is -2.30. The molecule has 0 bridgehead atoms. The number of benzene rings is 1. The zero-order valence-corrected chi connectivity index (χ0v) is 21.7. The van der Waals surface area contributed by atoms with Gasteiger partial charge in [0.1, 0.15) is 5.65 Å². The number of aromatic nitrogens is 3. The highest BCUT2D eigenvalue weighted by Crippen LogP contribution is 2.26. The van der Waals surface area contributed by atoms with Crippen LogP contribution >= 0.6 is 0 Å². The summed E-state index contributed by atoms with van der Waals surface area (Å²) >= 11 is 0. The number of nitrogens with zero attached hydrogens (tertiary/aromatic N) is 3. The number of nitrogens with one attached hydrogen (secondary N) is 3. The van der Waals surface area contributed by atoms with Crippen molar-refractivity contribution in [3.8, 4) is 0 Å². The fraction of sp³-hybridized carbons (Fsp3) is 0.370. The monoisotopic (exact) mass is 516 g/mol. The third kappa shape index (κ3) is 10.5. The Morgan fingerprint density at radius 1 is 1.14 bits per heavy atom. The quantitative estimate of drug-likeness (QED) is 0.288. The minimum atomic E-state index is -4.08. The summed E-state index contributed by atoms with van der Waals surface area (Å²) in [5, 5.41) is 7.13. The first kappa shape index (κ1) is 29.6.